The molecule has 6 nitrogen and oxygen atoms in total. The molecule has 0 aliphatic rings. The molecule has 0 aliphatic carbocycles. The summed E-state index contributed by atoms with van der Waals surface area (Å²) in [4.78, 5) is 14.3. The summed E-state index contributed by atoms with van der Waals surface area (Å²) in [5.74, 6) is -0.215. The summed E-state index contributed by atoms with van der Waals surface area (Å²) in [6, 6.07) is 14.4. The van der Waals surface area contributed by atoms with Gasteiger partial charge < -0.3 is 10.2 Å². The van der Waals surface area contributed by atoms with Crippen molar-refractivity contribution in [3.8, 4) is 0 Å². The van der Waals surface area contributed by atoms with E-state index in [0.29, 0.717) is 17.8 Å². The lowest BCUT2D eigenvalue weighted by atomic mass is 10.1. The van der Waals surface area contributed by atoms with Crippen molar-refractivity contribution in [2.75, 3.05) is 36.1 Å². The first-order chi connectivity index (χ1) is 12.7. The van der Waals surface area contributed by atoms with Crippen molar-refractivity contribution in [1.82, 2.24) is 5.32 Å². The minimum absolute atomic E-state index is 0.174. The van der Waals surface area contributed by atoms with E-state index in [2.05, 4.69) is 11.9 Å². The Labute approximate surface area is 161 Å². The monoisotopic (exact) mass is 387 g/mol. The van der Waals surface area contributed by atoms with Gasteiger partial charge in [0.25, 0.3) is 5.91 Å². The van der Waals surface area contributed by atoms with E-state index in [4.69, 9.17) is 0 Å². The van der Waals surface area contributed by atoms with Crippen molar-refractivity contribution >= 4 is 27.3 Å². The van der Waals surface area contributed by atoms with Gasteiger partial charge in [-0.05, 0) is 42.0 Å². The molecule has 0 aliphatic heterocycles. The fourth-order valence-corrected chi connectivity index (χ4v) is 3.41. The number of benzene rings is 2. The van der Waals surface area contributed by atoms with Gasteiger partial charge in [0, 0.05) is 31.9 Å². The summed E-state index contributed by atoms with van der Waals surface area (Å²) in [6.45, 7) is 4.17. The molecule has 144 valence electrons. The fraction of sp³-hybridized carbons (Fsp3) is 0.250. The number of hydrogen-bond acceptors (Lipinski definition) is 4. The Hall–Kier alpha value is -2.80. The molecule has 27 heavy (non-hydrogen) atoms. The molecule has 2 rings (SSSR count). The van der Waals surface area contributed by atoms with Gasteiger partial charge in [0.05, 0.1) is 18.5 Å². The normalized spacial score (nSPS) is 10.9. The van der Waals surface area contributed by atoms with Crippen molar-refractivity contribution in [1.29, 1.82) is 0 Å². The average molecular weight is 388 g/mol. The van der Waals surface area contributed by atoms with Gasteiger partial charge in [-0.15, -0.1) is 6.58 Å². The third kappa shape index (κ3) is 5.59. The van der Waals surface area contributed by atoms with Crippen molar-refractivity contribution in [3.63, 3.8) is 0 Å². The van der Waals surface area contributed by atoms with Crippen LogP contribution in [0.1, 0.15) is 15.9 Å². The van der Waals surface area contributed by atoms with E-state index in [1.807, 2.05) is 43.3 Å². The molecule has 0 saturated carbocycles. The molecule has 2 aromatic carbocycles. The molecular formula is C20H25N3O3S. The van der Waals surface area contributed by atoms with E-state index in [-0.39, 0.29) is 12.5 Å². The number of carbonyl (C=O) groups excluding carboxylic acids is 1. The third-order valence-electron chi connectivity index (χ3n) is 4.02. The Morgan fingerprint density at radius 3 is 2.07 bits per heavy atom. The van der Waals surface area contributed by atoms with E-state index >= 15 is 0 Å². The molecular weight excluding hydrogens is 362 g/mol. The summed E-state index contributed by atoms with van der Waals surface area (Å²) in [7, 11) is 0.534. The summed E-state index contributed by atoms with van der Waals surface area (Å²) in [6.07, 6.45) is 2.65. The maximum atomic E-state index is 12.3. The van der Waals surface area contributed by atoms with Gasteiger partial charge in [0.1, 0.15) is 0 Å². The van der Waals surface area contributed by atoms with Crippen molar-refractivity contribution in [3.05, 3.63) is 72.3 Å². The molecule has 0 bridgehead atoms. The van der Waals surface area contributed by atoms with Gasteiger partial charge in [-0.25, -0.2) is 8.42 Å². The zero-order valence-corrected chi connectivity index (χ0v) is 16.7. The van der Waals surface area contributed by atoms with Gasteiger partial charge in [0.15, 0.2) is 0 Å². The molecule has 0 spiro atoms. The number of nitrogens with zero attached hydrogens (tertiary/aromatic N) is 2. The molecule has 0 aromatic heterocycles. The number of anilines is 2. The molecule has 0 fully saturated rings. The minimum Gasteiger partial charge on any atom is -0.378 e. The van der Waals surface area contributed by atoms with Gasteiger partial charge in [-0.3, -0.25) is 9.10 Å². The van der Waals surface area contributed by atoms with Crippen molar-refractivity contribution in [2.45, 2.75) is 6.54 Å². The van der Waals surface area contributed by atoms with Crippen molar-refractivity contribution in [2.24, 2.45) is 0 Å². The van der Waals surface area contributed by atoms with E-state index in [1.54, 1.807) is 24.3 Å². The second kappa shape index (κ2) is 8.73. The average Bonchev–Trinajstić information content (AvgIpc) is 2.63. The van der Waals surface area contributed by atoms with Crippen LogP contribution in [-0.2, 0) is 16.6 Å². The van der Waals surface area contributed by atoms with Crippen LogP contribution in [0.2, 0.25) is 0 Å². The predicted octanol–water partition coefficient (Wildman–Crippen LogP) is 2.63. The lowest BCUT2D eigenvalue weighted by Crippen LogP contribution is -2.30. The number of amides is 1. The lowest BCUT2D eigenvalue weighted by molar-refractivity contribution is 0.0951. The first-order valence-corrected chi connectivity index (χ1v) is 10.3. The van der Waals surface area contributed by atoms with Crippen LogP contribution in [0.4, 0.5) is 11.4 Å². The standard InChI is InChI=1S/C20H25N3O3S/c1-5-14-23(27(4,25)26)19-12-8-17(9-13-19)20(24)21-15-16-6-10-18(11-7-16)22(2)3/h5-13H,1,14-15H2,2-4H3,(H,21,24). The van der Waals surface area contributed by atoms with E-state index in [1.165, 1.54) is 10.4 Å². The smallest absolute Gasteiger partial charge is 0.251 e. The topological polar surface area (TPSA) is 69.7 Å². The molecule has 0 unspecified atom stereocenters. The van der Waals surface area contributed by atoms with Crippen LogP contribution >= 0.6 is 0 Å². The highest BCUT2D eigenvalue weighted by molar-refractivity contribution is 7.92. The molecule has 1 amide bonds. The van der Waals surface area contributed by atoms with Gasteiger partial charge in [-0.1, -0.05) is 18.2 Å². The highest BCUT2D eigenvalue weighted by Crippen LogP contribution is 2.18. The lowest BCUT2D eigenvalue weighted by Gasteiger charge is -2.20. The first kappa shape index (κ1) is 20.5. The summed E-state index contributed by atoms with van der Waals surface area (Å²) in [5.41, 5.74) is 3.05. The number of nitrogens with one attached hydrogen (secondary N) is 1. The van der Waals surface area contributed by atoms with Crippen LogP contribution in [0.25, 0.3) is 0 Å². The van der Waals surface area contributed by atoms with Gasteiger partial charge in [-0.2, -0.15) is 0 Å². The Bertz CT molecular complexity index is 889. The number of hydrogen-bond donors (Lipinski definition) is 1. The van der Waals surface area contributed by atoms with E-state index in [9.17, 15) is 13.2 Å². The zero-order chi connectivity index (χ0) is 20.0. The Morgan fingerprint density at radius 2 is 1.59 bits per heavy atom. The molecule has 7 heteroatoms. The maximum Gasteiger partial charge on any atom is 0.251 e. The Morgan fingerprint density at radius 1 is 1.04 bits per heavy atom. The van der Waals surface area contributed by atoms with E-state index < -0.39 is 10.0 Å². The summed E-state index contributed by atoms with van der Waals surface area (Å²) >= 11 is 0. The molecule has 0 heterocycles. The second-order valence-corrected chi connectivity index (χ2v) is 8.28. The highest BCUT2D eigenvalue weighted by atomic mass is 32.2. The second-order valence-electron chi connectivity index (χ2n) is 6.37. The van der Waals surface area contributed by atoms with Crippen LogP contribution in [-0.4, -0.2) is 41.2 Å². The number of rotatable bonds is 8. The molecule has 2 aromatic rings. The first-order valence-electron chi connectivity index (χ1n) is 8.45. The Balaban J connectivity index is 2.03. The quantitative estimate of drug-likeness (QED) is 0.707. The summed E-state index contributed by atoms with van der Waals surface area (Å²) in [5, 5.41) is 2.87. The zero-order valence-electron chi connectivity index (χ0n) is 15.8. The van der Waals surface area contributed by atoms with Crippen LogP contribution in [0.5, 0.6) is 0 Å². The summed E-state index contributed by atoms with van der Waals surface area (Å²) < 4.78 is 25.0. The minimum atomic E-state index is -3.41. The molecule has 1 N–H and O–H groups in total. The number of carbonyl (C=O) groups is 1. The van der Waals surface area contributed by atoms with Crippen molar-refractivity contribution < 1.29 is 13.2 Å². The van der Waals surface area contributed by atoms with Crippen LogP contribution in [0, 0.1) is 0 Å². The fourth-order valence-electron chi connectivity index (χ4n) is 2.52. The third-order valence-corrected chi connectivity index (χ3v) is 5.18. The predicted molar refractivity (Wildman–Crippen MR) is 111 cm³/mol. The SMILES string of the molecule is C=CCN(c1ccc(C(=O)NCc2ccc(N(C)C)cc2)cc1)S(C)(=O)=O. The molecule has 0 radical (unpaired) electrons. The van der Waals surface area contributed by atoms with Gasteiger partial charge in [0.2, 0.25) is 10.0 Å². The van der Waals surface area contributed by atoms with E-state index in [0.717, 1.165) is 17.5 Å². The van der Waals surface area contributed by atoms with Crippen LogP contribution in [0.3, 0.4) is 0 Å². The highest BCUT2D eigenvalue weighted by Gasteiger charge is 2.16. The van der Waals surface area contributed by atoms with Crippen LogP contribution < -0.4 is 14.5 Å². The maximum absolute atomic E-state index is 12.3. The molecule has 0 saturated heterocycles. The van der Waals surface area contributed by atoms with Crippen LogP contribution in [0.15, 0.2) is 61.2 Å². The molecule has 0 atom stereocenters. The van der Waals surface area contributed by atoms with Gasteiger partial charge >= 0.3 is 0 Å². The number of sulfonamides is 1. The largest absolute Gasteiger partial charge is 0.378 e. The Kier molecular flexibility index (Phi) is 6.63.